The lowest BCUT2D eigenvalue weighted by Gasteiger charge is -2.13. The molecule has 3 nitrogen and oxygen atoms in total. The smallest absolute Gasteiger partial charge is 0.250 e. The van der Waals surface area contributed by atoms with E-state index in [0.717, 1.165) is 5.56 Å². The van der Waals surface area contributed by atoms with Gasteiger partial charge in [0, 0.05) is 24.8 Å². The molecular formula is C13H14N2O. The van der Waals surface area contributed by atoms with Gasteiger partial charge < -0.3 is 10.3 Å². The zero-order chi connectivity index (χ0) is 11.4. The average molecular weight is 214 g/mol. The molecule has 0 aliphatic heterocycles. The van der Waals surface area contributed by atoms with Gasteiger partial charge in [0.2, 0.25) is 0 Å². The van der Waals surface area contributed by atoms with Gasteiger partial charge in [-0.2, -0.15) is 0 Å². The van der Waals surface area contributed by atoms with E-state index in [9.17, 15) is 4.79 Å². The predicted octanol–water partition coefficient (Wildman–Crippen LogP) is 1.55. The molecule has 0 saturated heterocycles. The van der Waals surface area contributed by atoms with E-state index >= 15 is 0 Å². The number of pyridine rings is 1. The van der Waals surface area contributed by atoms with E-state index < -0.39 is 0 Å². The summed E-state index contributed by atoms with van der Waals surface area (Å²) >= 11 is 0. The largest absolute Gasteiger partial charge is 0.322 e. The minimum atomic E-state index is -0.152. The SMILES string of the molecule is NC(Cn1ccccc1=O)c1ccccc1. The summed E-state index contributed by atoms with van der Waals surface area (Å²) in [6.45, 7) is 0.504. The number of aromatic nitrogens is 1. The quantitative estimate of drug-likeness (QED) is 0.842. The lowest BCUT2D eigenvalue weighted by atomic mass is 10.1. The number of nitrogens with zero attached hydrogens (tertiary/aromatic N) is 1. The minimum absolute atomic E-state index is 0.0196. The van der Waals surface area contributed by atoms with Gasteiger partial charge in [-0.3, -0.25) is 4.79 Å². The fourth-order valence-electron chi connectivity index (χ4n) is 1.63. The first-order chi connectivity index (χ1) is 7.77. The molecule has 1 unspecified atom stereocenters. The molecule has 1 aromatic carbocycles. The third kappa shape index (κ3) is 2.38. The molecule has 2 aromatic rings. The lowest BCUT2D eigenvalue weighted by Crippen LogP contribution is -2.25. The zero-order valence-electron chi connectivity index (χ0n) is 8.91. The summed E-state index contributed by atoms with van der Waals surface area (Å²) in [4.78, 5) is 11.5. The van der Waals surface area contributed by atoms with Crippen molar-refractivity contribution in [3.63, 3.8) is 0 Å². The summed E-state index contributed by atoms with van der Waals surface area (Å²) in [5.74, 6) is 0. The van der Waals surface area contributed by atoms with Crippen LogP contribution in [0.1, 0.15) is 11.6 Å². The van der Waals surface area contributed by atoms with Crippen LogP contribution in [-0.2, 0) is 6.54 Å². The molecule has 1 heterocycles. The molecule has 0 bridgehead atoms. The van der Waals surface area contributed by atoms with E-state index in [1.54, 1.807) is 16.8 Å². The van der Waals surface area contributed by atoms with E-state index in [0.29, 0.717) is 6.54 Å². The molecule has 0 spiro atoms. The summed E-state index contributed by atoms with van der Waals surface area (Å²) in [7, 11) is 0. The van der Waals surface area contributed by atoms with Crippen LogP contribution in [0.3, 0.4) is 0 Å². The molecule has 82 valence electrons. The molecule has 0 radical (unpaired) electrons. The standard InChI is InChI=1S/C13H14N2O/c14-12(11-6-2-1-3-7-11)10-15-9-5-4-8-13(15)16/h1-9,12H,10,14H2. The van der Waals surface area contributed by atoms with E-state index in [-0.39, 0.29) is 11.6 Å². The highest BCUT2D eigenvalue weighted by atomic mass is 16.1. The molecule has 16 heavy (non-hydrogen) atoms. The summed E-state index contributed by atoms with van der Waals surface area (Å²) < 4.78 is 1.62. The first-order valence-electron chi connectivity index (χ1n) is 5.23. The van der Waals surface area contributed by atoms with Gasteiger partial charge in [0.15, 0.2) is 0 Å². The average Bonchev–Trinajstić information content (AvgIpc) is 2.33. The van der Waals surface area contributed by atoms with Crippen molar-refractivity contribution in [3.8, 4) is 0 Å². The third-order valence-corrected chi connectivity index (χ3v) is 2.52. The Morgan fingerprint density at radius 3 is 2.44 bits per heavy atom. The molecule has 0 amide bonds. The molecular weight excluding hydrogens is 200 g/mol. The van der Waals surface area contributed by atoms with Crippen LogP contribution in [0.4, 0.5) is 0 Å². The van der Waals surface area contributed by atoms with Gasteiger partial charge >= 0.3 is 0 Å². The Hall–Kier alpha value is -1.87. The Morgan fingerprint density at radius 1 is 1.06 bits per heavy atom. The van der Waals surface area contributed by atoms with Crippen molar-refractivity contribution in [2.24, 2.45) is 5.73 Å². The van der Waals surface area contributed by atoms with Crippen molar-refractivity contribution in [1.29, 1.82) is 0 Å². The maximum absolute atomic E-state index is 11.5. The van der Waals surface area contributed by atoms with Gasteiger partial charge in [-0.05, 0) is 11.6 Å². The number of rotatable bonds is 3. The molecule has 2 N–H and O–H groups in total. The summed E-state index contributed by atoms with van der Waals surface area (Å²) in [5, 5.41) is 0. The van der Waals surface area contributed by atoms with Gasteiger partial charge in [-0.1, -0.05) is 36.4 Å². The van der Waals surface area contributed by atoms with Crippen LogP contribution in [0.5, 0.6) is 0 Å². The van der Waals surface area contributed by atoms with Gasteiger partial charge in [0.05, 0.1) is 0 Å². The minimum Gasteiger partial charge on any atom is -0.322 e. The van der Waals surface area contributed by atoms with Crippen molar-refractivity contribution in [3.05, 3.63) is 70.6 Å². The number of hydrogen-bond acceptors (Lipinski definition) is 2. The molecule has 1 aromatic heterocycles. The van der Waals surface area contributed by atoms with Crippen LogP contribution in [0, 0.1) is 0 Å². The molecule has 0 fully saturated rings. The first-order valence-corrected chi connectivity index (χ1v) is 5.23. The van der Waals surface area contributed by atoms with Crippen molar-refractivity contribution >= 4 is 0 Å². The highest BCUT2D eigenvalue weighted by Crippen LogP contribution is 2.10. The van der Waals surface area contributed by atoms with E-state index in [1.165, 1.54) is 6.07 Å². The molecule has 0 saturated carbocycles. The highest BCUT2D eigenvalue weighted by molar-refractivity contribution is 5.18. The van der Waals surface area contributed by atoms with Gasteiger partial charge in [0.1, 0.15) is 0 Å². The van der Waals surface area contributed by atoms with Crippen molar-refractivity contribution < 1.29 is 0 Å². The van der Waals surface area contributed by atoms with Crippen LogP contribution in [0.15, 0.2) is 59.5 Å². The van der Waals surface area contributed by atoms with Crippen LogP contribution in [0.25, 0.3) is 0 Å². The molecule has 0 aliphatic carbocycles. The monoisotopic (exact) mass is 214 g/mol. The van der Waals surface area contributed by atoms with Gasteiger partial charge in [-0.25, -0.2) is 0 Å². The maximum atomic E-state index is 11.5. The van der Waals surface area contributed by atoms with E-state index in [1.807, 2.05) is 36.4 Å². The Balaban J connectivity index is 2.17. The predicted molar refractivity (Wildman–Crippen MR) is 64.1 cm³/mol. The van der Waals surface area contributed by atoms with Crippen LogP contribution >= 0.6 is 0 Å². The summed E-state index contributed by atoms with van der Waals surface area (Å²) in [5.41, 5.74) is 7.06. The number of nitrogens with two attached hydrogens (primary N) is 1. The fourth-order valence-corrected chi connectivity index (χ4v) is 1.63. The van der Waals surface area contributed by atoms with E-state index in [4.69, 9.17) is 5.73 Å². The van der Waals surface area contributed by atoms with Gasteiger partial charge in [0.25, 0.3) is 5.56 Å². The Labute approximate surface area is 94.1 Å². The normalized spacial score (nSPS) is 12.3. The van der Waals surface area contributed by atoms with Crippen LogP contribution in [0.2, 0.25) is 0 Å². The lowest BCUT2D eigenvalue weighted by molar-refractivity contribution is 0.562. The summed E-state index contributed by atoms with van der Waals surface area (Å²) in [6, 6.07) is 14.7. The molecule has 3 heteroatoms. The van der Waals surface area contributed by atoms with E-state index in [2.05, 4.69) is 0 Å². The number of benzene rings is 1. The summed E-state index contributed by atoms with van der Waals surface area (Å²) in [6.07, 6.45) is 1.76. The topological polar surface area (TPSA) is 48.0 Å². The Morgan fingerprint density at radius 2 is 1.75 bits per heavy atom. The Bertz CT molecular complexity index is 505. The fraction of sp³-hybridized carbons (Fsp3) is 0.154. The third-order valence-electron chi connectivity index (χ3n) is 2.52. The Kier molecular flexibility index (Phi) is 3.17. The number of hydrogen-bond donors (Lipinski definition) is 1. The first kappa shape index (κ1) is 10.6. The second-order valence-electron chi connectivity index (χ2n) is 3.71. The van der Waals surface area contributed by atoms with Crippen molar-refractivity contribution in [2.75, 3.05) is 0 Å². The molecule has 0 aliphatic rings. The van der Waals surface area contributed by atoms with Crippen molar-refractivity contribution in [2.45, 2.75) is 12.6 Å². The second kappa shape index (κ2) is 4.77. The molecule has 2 rings (SSSR count). The van der Waals surface area contributed by atoms with Gasteiger partial charge in [-0.15, -0.1) is 0 Å². The van der Waals surface area contributed by atoms with Crippen LogP contribution in [-0.4, -0.2) is 4.57 Å². The maximum Gasteiger partial charge on any atom is 0.250 e. The van der Waals surface area contributed by atoms with Crippen molar-refractivity contribution in [1.82, 2.24) is 4.57 Å². The van der Waals surface area contributed by atoms with Crippen LogP contribution < -0.4 is 11.3 Å². The zero-order valence-corrected chi connectivity index (χ0v) is 8.91. The molecule has 1 atom stereocenters. The second-order valence-corrected chi connectivity index (χ2v) is 3.71. The highest BCUT2D eigenvalue weighted by Gasteiger charge is 2.06.